The number of rotatable bonds is 13. The molecule has 0 saturated carbocycles. The van der Waals surface area contributed by atoms with E-state index in [0.717, 1.165) is 5.56 Å². The van der Waals surface area contributed by atoms with Gasteiger partial charge in [0.15, 0.2) is 11.4 Å². The molecular formula is C30H46N6O13S. The number of nitrogens with one attached hydrogen (secondary N) is 2. The van der Waals surface area contributed by atoms with Crippen molar-refractivity contribution in [3.8, 4) is 0 Å². The van der Waals surface area contributed by atoms with E-state index in [0.29, 0.717) is 5.69 Å². The predicted molar refractivity (Wildman–Crippen MR) is 178 cm³/mol. The van der Waals surface area contributed by atoms with E-state index in [4.69, 9.17) is 17.0 Å². The molecular weight excluding hydrogens is 684 g/mol. The van der Waals surface area contributed by atoms with Crippen molar-refractivity contribution in [3.05, 3.63) is 29.8 Å². The first-order valence-electron chi connectivity index (χ1n) is 15.9. The number of anilines is 1. The van der Waals surface area contributed by atoms with Gasteiger partial charge < -0.3 is 56.2 Å². The Morgan fingerprint density at radius 1 is 0.740 bits per heavy atom. The quantitative estimate of drug-likeness (QED) is 0.0873. The zero-order valence-electron chi connectivity index (χ0n) is 27.3. The van der Waals surface area contributed by atoms with Gasteiger partial charge in [0.2, 0.25) is 0 Å². The Bertz CT molecular complexity index is 1310. The molecule has 2 fully saturated rings. The molecule has 2 aliphatic rings. The van der Waals surface area contributed by atoms with Crippen LogP contribution in [-0.2, 0) is 30.3 Å². The van der Waals surface area contributed by atoms with Crippen LogP contribution < -0.4 is 10.6 Å². The molecule has 1 unspecified atom stereocenters. The molecule has 6 atom stereocenters. The number of nitrogens with zero attached hydrogens (tertiary/aromatic N) is 4. The maximum absolute atomic E-state index is 12.0. The highest BCUT2D eigenvalue weighted by molar-refractivity contribution is 7.80. The molecule has 1 aromatic carbocycles. The molecule has 0 spiro atoms. The van der Waals surface area contributed by atoms with E-state index in [1.54, 1.807) is 43.9 Å². The molecule has 0 bridgehead atoms. The second-order valence-corrected chi connectivity index (χ2v) is 12.6. The van der Waals surface area contributed by atoms with Crippen molar-refractivity contribution >= 4 is 46.9 Å². The Balaban J connectivity index is 1.80. The van der Waals surface area contributed by atoms with Gasteiger partial charge in [0, 0.05) is 57.5 Å². The van der Waals surface area contributed by atoms with Crippen LogP contribution in [0.15, 0.2) is 24.3 Å². The second kappa shape index (κ2) is 19.7. The molecule has 19 nitrogen and oxygen atoms in total. The van der Waals surface area contributed by atoms with E-state index in [1.165, 1.54) is 0 Å². The number of carbonyl (C=O) groups is 4. The maximum atomic E-state index is 12.0. The lowest BCUT2D eigenvalue weighted by molar-refractivity contribution is -0.251. The van der Waals surface area contributed by atoms with Crippen LogP contribution >= 0.6 is 12.2 Å². The number of aliphatic carboxylic acids is 4. The Morgan fingerprint density at radius 3 is 1.76 bits per heavy atom. The number of aliphatic hydroxyl groups is 4. The third-order valence-electron chi connectivity index (χ3n) is 8.45. The minimum Gasteiger partial charge on any atom is -0.480 e. The van der Waals surface area contributed by atoms with Crippen LogP contribution in [0.1, 0.15) is 5.56 Å². The summed E-state index contributed by atoms with van der Waals surface area (Å²) in [6.45, 7) is -0.862. The van der Waals surface area contributed by atoms with E-state index < -0.39 is 73.7 Å². The molecule has 50 heavy (non-hydrogen) atoms. The van der Waals surface area contributed by atoms with Gasteiger partial charge in [0.05, 0.1) is 32.8 Å². The first kappa shape index (κ1) is 40.9. The standard InChI is InChI=1S/C30H46N6O13S/c37-17-21-27(46)28(47)26(29(48)49-21)32-30(50)31-19-3-1-18(2-4-19)11-20-12-35(15-24(42)43)8-7-33(13-22(38)39)5-6-34(14-23(40)41)9-10-36(20)16-25(44)45/h1-4,20-21,26-29,37,46-48H,5-17H2,(H,38,39)(H,40,41)(H,42,43)(H,44,45)(H2,31,32,50)/t20?,21-,26-,27-,28-,29-/m1/s1. The smallest absolute Gasteiger partial charge is 0.317 e. The van der Waals surface area contributed by atoms with Gasteiger partial charge in [0.1, 0.15) is 24.4 Å². The molecule has 3 rings (SSSR count). The summed E-state index contributed by atoms with van der Waals surface area (Å²) in [5.41, 5.74) is 1.24. The third kappa shape index (κ3) is 13.3. The summed E-state index contributed by atoms with van der Waals surface area (Å²) >= 11 is 5.30. The third-order valence-corrected chi connectivity index (χ3v) is 8.67. The zero-order valence-corrected chi connectivity index (χ0v) is 28.1. The number of benzene rings is 1. The van der Waals surface area contributed by atoms with E-state index in [2.05, 4.69) is 10.6 Å². The summed E-state index contributed by atoms with van der Waals surface area (Å²) in [7, 11) is 0. The van der Waals surface area contributed by atoms with Crippen LogP contribution in [0.2, 0.25) is 0 Å². The van der Waals surface area contributed by atoms with Crippen LogP contribution in [0, 0.1) is 0 Å². The van der Waals surface area contributed by atoms with Crippen LogP contribution in [-0.4, -0.2) is 205 Å². The molecule has 2 saturated heterocycles. The minimum atomic E-state index is -1.58. The van der Waals surface area contributed by atoms with Crippen LogP contribution in [0.5, 0.6) is 0 Å². The van der Waals surface area contributed by atoms with Crippen LogP contribution in [0.4, 0.5) is 5.69 Å². The van der Waals surface area contributed by atoms with Gasteiger partial charge in [0.25, 0.3) is 0 Å². The average molecular weight is 731 g/mol. The molecule has 2 aliphatic heterocycles. The molecule has 0 aromatic heterocycles. The van der Waals surface area contributed by atoms with Crippen molar-refractivity contribution in [2.24, 2.45) is 0 Å². The first-order valence-corrected chi connectivity index (χ1v) is 16.3. The van der Waals surface area contributed by atoms with Crippen molar-refractivity contribution in [2.45, 2.75) is 43.1 Å². The van der Waals surface area contributed by atoms with Gasteiger partial charge in [-0.3, -0.25) is 38.8 Å². The lowest BCUT2D eigenvalue weighted by Crippen LogP contribution is -2.64. The van der Waals surface area contributed by atoms with E-state index >= 15 is 0 Å². The number of aliphatic hydroxyl groups excluding tert-OH is 4. The topological polar surface area (TPSA) is 276 Å². The number of hydrogen-bond acceptors (Lipinski definition) is 14. The summed E-state index contributed by atoms with van der Waals surface area (Å²) in [4.78, 5) is 53.4. The van der Waals surface area contributed by atoms with Gasteiger partial charge in [-0.2, -0.15) is 0 Å². The summed E-state index contributed by atoms with van der Waals surface area (Å²) < 4.78 is 5.13. The summed E-state index contributed by atoms with van der Waals surface area (Å²) in [6.07, 6.45) is -5.47. The maximum Gasteiger partial charge on any atom is 0.317 e. The second-order valence-electron chi connectivity index (χ2n) is 12.2. The number of ether oxygens (including phenoxy) is 1. The van der Waals surface area contributed by atoms with Gasteiger partial charge in [-0.1, -0.05) is 12.1 Å². The van der Waals surface area contributed by atoms with Crippen molar-refractivity contribution in [3.63, 3.8) is 0 Å². The fraction of sp³-hybridized carbons (Fsp3) is 0.633. The molecule has 0 amide bonds. The highest BCUT2D eigenvalue weighted by Gasteiger charge is 2.44. The van der Waals surface area contributed by atoms with Gasteiger partial charge in [-0.15, -0.1) is 0 Å². The molecule has 0 aliphatic carbocycles. The molecule has 280 valence electrons. The van der Waals surface area contributed by atoms with Gasteiger partial charge >= 0.3 is 23.9 Å². The number of carboxylic acid groups (broad SMARTS) is 4. The number of carboxylic acids is 4. The fourth-order valence-corrected chi connectivity index (χ4v) is 6.18. The van der Waals surface area contributed by atoms with Crippen molar-refractivity contribution in [1.29, 1.82) is 0 Å². The number of thiocarbonyl (C=S) groups is 1. The van der Waals surface area contributed by atoms with Gasteiger partial charge in [-0.25, -0.2) is 0 Å². The monoisotopic (exact) mass is 730 g/mol. The lowest BCUT2D eigenvalue weighted by atomic mass is 9.97. The minimum absolute atomic E-state index is 0.0155. The van der Waals surface area contributed by atoms with Gasteiger partial charge in [-0.05, 0) is 36.3 Å². The van der Waals surface area contributed by atoms with Crippen molar-refractivity contribution in [1.82, 2.24) is 24.9 Å². The normalized spacial score (nSPS) is 26.6. The highest BCUT2D eigenvalue weighted by atomic mass is 32.1. The number of hydrogen-bond donors (Lipinski definition) is 10. The Morgan fingerprint density at radius 2 is 1.24 bits per heavy atom. The zero-order chi connectivity index (χ0) is 37.0. The van der Waals surface area contributed by atoms with Crippen molar-refractivity contribution < 1.29 is 64.8 Å². The van der Waals surface area contributed by atoms with Crippen LogP contribution in [0.3, 0.4) is 0 Å². The highest BCUT2D eigenvalue weighted by Crippen LogP contribution is 2.21. The summed E-state index contributed by atoms with van der Waals surface area (Å²) in [5.74, 6) is -4.41. The first-order chi connectivity index (χ1) is 23.6. The summed E-state index contributed by atoms with van der Waals surface area (Å²) in [6, 6.07) is 5.09. The van der Waals surface area contributed by atoms with Crippen molar-refractivity contribution in [2.75, 3.05) is 83.9 Å². The fourth-order valence-electron chi connectivity index (χ4n) is 5.92. The summed E-state index contributed by atoms with van der Waals surface area (Å²) in [5, 5.41) is 83.9. The molecule has 20 heteroatoms. The average Bonchev–Trinajstić information content (AvgIpc) is 3.03. The molecule has 10 N–H and O–H groups in total. The Labute approximate surface area is 293 Å². The lowest BCUT2D eigenvalue weighted by Gasteiger charge is -2.40. The van der Waals surface area contributed by atoms with E-state index in [-0.39, 0.29) is 77.0 Å². The van der Waals surface area contributed by atoms with E-state index in [1.807, 2.05) is 0 Å². The molecule has 0 radical (unpaired) electrons. The Kier molecular flexibility index (Phi) is 16.1. The predicted octanol–water partition coefficient (Wildman–Crippen LogP) is -3.76. The molecule has 1 aromatic rings. The largest absolute Gasteiger partial charge is 0.480 e. The SMILES string of the molecule is O=C(O)CN1CCN(CC(=O)O)CCN(CC(=O)O)C(Cc2ccc(NC(=S)N[C@@H]3[C@@H](O)[C@H](O)[C@@H](CO)O[C@H]3O)cc2)CN(CC(=O)O)CC1. The Hall–Kier alpha value is -3.57. The van der Waals surface area contributed by atoms with E-state index in [9.17, 15) is 60.0 Å². The molecule has 2 heterocycles. The van der Waals surface area contributed by atoms with Crippen LogP contribution in [0.25, 0.3) is 0 Å².